The molecule has 0 radical (unpaired) electrons. The summed E-state index contributed by atoms with van der Waals surface area (Å²) in [5.41, 5.74) is 2.80. The van der Waals surface area contributed by atoms with Gasteiger partial charge in [0.25, 0.3) is 5.56 Å². The molecule has 1 fully saturated rings. The Hall–Kier alpha value is -3.52. The Kier molecular flexibility index (Phi) is 4.99. The summed E-state index contributed by atoms with van der Waals surface area (Å²) < 4.78 is 1.51. The smallest absolute Gasteiger partial charge is 0.256 e. The van der Waals surface area contributed by atoms with Gasteiger partial charge in [0.1, 0.15) is 11.5 Å². The summed E-state index contributed by atoms with van der Waals surface area (Å²) in [7, 11) is 0. The van der Waals surface area contributed by atoms with Crippen LogP contribution in [-0.4, -0.2) is 25.7 Å². The minimum absolute atomic E-state index is 0.0290. The first-order chi connectivity index (χ1) is 15.1. The van der Waals surface area contributed by atoms with Crippen LogP contribution in [0.25, 0.3) is 16.5 Å². The van der Waals surface area contributed by atoms with Crippen LogP contribution in [0.5, 0.6) is 0 Å². The van der Waals surface area contributed by atoms with Gasteiger partial charge in [0.15, 0.2) is 0 Å². The molecular formula is C23H21N5O2S. The van der Waals surface area contributed by atoms with Crippen molar-refractivity contribution < 1.29 is 4.79 Å². The summed E-state index contributed by atoms with van der Waals surface area (Å²) in [6.45, 7) is 1.82. The van der Waals surface area contributed by atoms with E-state index in [4.69, 9.17) is 0 Å². The van der Waals surface area contributed by atoms with E-state index in [-0.39, 0.29) is 23.3 Å². The normalized spacial score (nSPS) is 13.3. The van der Waals surface area contributed by atoms with E-state index in [2.05, 4.69) is 20.4 Å². The molecule has 0 spiro atoms. The highest BCUT2D eigenvalue weighted by Crippen LogP contribution is 2.32. The van der Waals surface area contributed by atoms with Crippen molar-refractivity contribution in [1.29, 1.82) is 0 Å². The Balaban J connectivity index is 1.54. The van der Waals surface area contributed by atoms with E-state index in [0.717, 1.165) is 29.0 Å². The van der Waals surface area contributed by atoms with Gasteiger partial charge in [-0.3, -0.25) is 14.6 Å². The van der Waals surface area contributed by atoms with Gasteiger partial charge in [0.05, 0.1) is 10.6 Å². The molecule has 0 atom stereocenters. The van der Waals surface area contributed by atoms with Crippen molar-refractivity contribution in [3.8, 4) is 16.5 Å². The van der Waals surface area contributed by atoms with Crippen molar-refractivity contribution in [2.24, 2.45) is 5.92 Å². The topological polar surface area (TPSA) is 92.7 Å². The van der Waals surface area contributed by atoms with E-state index in [1.165, 1.54) is 4.68 Å². The first-order valence-corrected chi connectivity index (χ1v) is 11.1. The molecule has 0 aliphatic heterocycles. The number of thiophene rings is 1. The first kappa shape index (κ1) is 19.4. The molecule has 7 nitrogen and oxygen atoms in total. The van der Waals surface area contributed by atoms with Gasteiger partial charge in [0, 0.05) is 24.0 Å². The molecule has 1 aliphatic rings. The van der Waals surface area contributed by atoms with Gasteiger partial charge in [-0.1, -0.05) is 36.4 Å². The van der Waals surface area contributed by atoms with Crippen LogP contribution >= 0.6 is 11.3 Å². The van der Waals surface area contributed by atoms with Crippen LogP contribution in [-0.2, 0) is 11.2 Å². The molecule has 156 valence electrons. The van der Waals surface area contributed by atoms with Gasteiger partial charge in [0.2, 0.25) is 11.9 Å². The second kappa shape index (κ2) is 7.96. The number of aromatic amines is 1. The zero-order valence-corrected chi connectivity index (χ0v) is 17.8. The zero-order valence-electron chi connectivity index (χ0n) is 17.0. The van der Waals surface area contributed by atoms with Crippen LogP contribution < -0.4 is 10.9 Å². The highest BCUT2D eigenvalue weighted by Gasteiger charge is 2.30. The van der Waals surface area contributed by atoms with Crippen LogP contribution in [0.4, 0.5) is 5.82 Å². The Morgan fingerprint density at radius 1 is 1.23 bits per heavy atom. The number of nitrogens with zero attached hydrogens (tertiary/aromatic N) is 3. The highest BCUT2D eigenvalue weighted by atomic mass is 32.1. The molecule has 0 unspecified atom stereocenters. The van der Waals surface area contributed by atoms with E-state index in [1.54, 1.807) is 11.3 Å². The van der Waals surface area contributed by atoms with Crippen molar-refractivity contribution in [2.45, 2.75) is 26.2 Å². The SMILES string of the molecule is Cc1nc(-n2nc(-c3cccs3)cc2NC(=O)C2CC2)[nH]c(=O)c1Cc1ccccc1. The molecule has 3 aromatic heterocycles. The summed E-state index contributed by atoms with van der Waals surface area (Å²) in [5, 5.41) is 9.55. The van der Waals surface area contributed by atoms with E-state index in [9.17, 15) is 9.59 Å². The van der Waals surface area contributed by atoms with E-state index >= 15 is 0 Å². The number of anilines is 1. The molecule has 4 aromatic rings. The van der Waals surface area contributed by atoms with Crippen LogP contribution in [0, 0.1) is 12.8 Å². The van der Waals surface area contributed by atoms with Crippen molar-refractivity contribution in [1.82, 2.24) is 19.7 Å². The molecule has 8 heteroatoms. The van der Waals surface area contributed by atoms with Crippen molar-refractivity contribution in [2.75, 3.05) is 5.32 Å². The predicted molar refractivity (Wildman–Crippen MR) is 121 cm³/mol. The second-order valence-corrected chi connectivity index (χ2v) is 8.63. The number of hydrogen-bond donors (Lipinski definition) is 2. The van der Waals surface area contributed by atoms with Gasteiger partial charge in [-0.15, -0.1) is 11.3 Å². The van der Waals surface area contributed by atoms with Crippen LogP contribution in [0.3, 0.4) is 0 Å². The quantitative estimate of drug-likeness (QED) is 0.484. The summed E-state index contributed by atoms with van der Waals surface area (Å²) in [4.78, 5) is 33.8. The number of benzene rings is 1. The molecule has 31 heavy (non-hydrogen) atoms. The van der Waals surface area contributed by atoms with Crippen molar-refractivity contribution >= 4 is 23.1 Å². The first-order valence-electron chi connectivity index (χ1n) is 10.2. The molecule has 2 N–H and O–H groups in total. The standard InChI is InChI=1S/C23H21N5O2S/c1-14-17(12-15-6-3-2-4-7-15)22(30)26-23(24-14)28-20(25-21(29)16-9-10-16)13-18(27-28)19-8-5-11-31-19/h2-8,11,13,16H,9-10,12H2,1H3,(H,25,29)(H,24,26,30). The summed E-state index contributed by atoms with van der Waals surface area (Å²) in [6, 6.07) is 15.6. The monoisotopic (exact) mass is 431 g/mol. The number of carbonyl (C=O) groups excluding carboxylic acids is 1. The van der Waals surface area contributed by atoms with Crippen LogP contribution in [0.15, 0.2) is 58.7 Å². The van der Waals surface area contributed by atoms with E-state index < -0.39 is 0 Å². The number of aryl methyl sites for hydroxylation is 1. The molecule has 1 aliphatic carbocycles. The minimum Gasteiger partial charge on any atom is -0.310 e. The minimum atomic E-state index is -0.209. The van der Waals surface area contributed by atoms with Gasteiger partial charge in [-0.2, -0.15) is 9.78 Å². The third-order valence-electron chi connectivity index (χ3n) is 5.32. The maximum absolute atomic E-state index is 12.9. The fourth-order valence-electron chi connectivity index (χ4n) is 3.45. The number of H-pyrrole nitrogens is 1. The number of rotatable bonds is 6. The summed E-state index contributed by atoms with van der Waals surface area (Å²) in [5.74, 6) is 0.807. The van der Waals surface area contributed by atoms with E-state index in [0.29, 0.717) is 23.5 Å². The molecular weight excluding hydrogens is 410 g/mol. The van der Waals surface area contributed by atoms with Gasteiger partial charge < -0.3 is 5.32 Å². The summed E-state index contributed by atoms with van der Waals surface area (Å²) in [6.07, 6.45) is 2.31. The number of amides is 1. The van der Waals surface area contributed by atoms with Gasteiger partial charge in [-0.25, -0.2) is 4.98 Å². The van der Waals surface area contributed by atoms with Crippen LogP contribution in [0.2, 0.25) is 0 Å². The Labute approximate surface area is 182 Å². The highest BCUT2D eigenvalue weighted by molar-refractivity contribution is 7.13. The molecule has 0 saturated heterocycles. The maximum atomic E-state index is 12.9. The largest absolute Gasteiger partial charge is 0.310 e. The Bertz CT molecular complexity index is 1290. The van der Waals surface area contributed by atoms with Crippen molar-refractivity contribution in [3.63, 3.8) is 0 Å². The predicted octanol–water partition coefficient (Wildman–Crippen LogP) is 3.93. The average Bonchev–Trinajstić information content (AvgIpc) is 3.31. The second-order valence-electron chi connectivity index (χ2n) is 7.68. The Morgan fingerprint density at radius 2 is 2.03 bits per heavy atom. The zero-order chi connectivity index (χ0) is 21.4. The lowest BCUT2D eigenvalue weighted by Crippen LogP contribution is -2.22. The number of nitrogens with one attached hydrogen (secondary N) is 2. The molecule has 5 rings (SSSR count). The lowest BCUT2D eigenvalue weighted by molar-refractivity contribution is -0.117. The van der Waals surface area contributed by atoms with Crippen molar-refractivity contribution in [3.05, 3.63) is 81.1 Å². The maximum Gasteiger partial charge on any atom is 0.256 e. The molecule has 1 aromatic carbocycles. The molecule has 1 saturated carbocycles. The average molecular weight is 432 g/mol. The lowest BCUT2D eigenvalue weighted by Gasteiger charge is -2.10. The fraction of sp³-hybridized carbons (Fsp3) is 0.217. The van der Waals surface area contributed by atoms with Gasteiger partial charge >= 0.3 is 0 Å². The third-order valence-corrected chi connectivity index (χ3v) is 6.21. The third kappa shape index (κ3) is 4.06. The Morgan fingerprint density at radius 3 is 2.71 bits per heavy atom. The van der Waals surface area contributed by atoms with Gasteiger partial charge in [-0.05, 0) is 36.8 Å². The number of hydrogen-bond acceptors (Lipinski definition) is 5. The molecule has 3 heterocycles. The van der Waals surface area contributed by atoms with Crippen LogP contribution in [0.1, 0.15) is 29.7 Å². The lowest BCUT2D eigenvalue weighted by atomic mass is 10.1. The molecule has 0 bridgehead atoms. The van der Waals surface area contributed by atoms with E-state index in [1.807, 2.05) is 60.8 Å². The fourth-order valence-corrected chi connectivity index (χ4v) is 4.14. The number of carbonyl (C=O) groups is 1. The molecule has 1 amide bonds. The summed E-state index contributed by atoms with van der Waals surface area (Å²) >= 11 is 1.56. The number of aromatic nitrogens is 4.